The van der Waals surface area contributed by atoms with Gasteiger partial charge in [0, 0.05) is 23.9 Å². The van der Waals surface area contributed by atoms with Gasteiger partial charge < -0.3 is 40.3 Å². The van der Waals surface area contributed by atoms with Crippen molar-refractivity contribution in [3.8, 4) is 11.3 Å². The number of nitrogens with zero attached hydrogens (tertiary/aromatic N) is 3. The van der Waals surface area contributed by atoms with Crippen molar-refractivity contribution in [2.75, 3.05) is 20.8 Å². The number of imidazole rings is 2. The van der Waals surface area contributed by atoms with Crippen molar-refractivity contribution in [2.24, 2.45) is 11.8 Å². The number of hydrogen-bond donors (Lipinski definition) is 5. The van der Waals surface area contributed by atoms with E-state index in [0.29, 0.717) is 12.4 Å². The molecule has 14 heteroatoms. The summed E-state index contributed by atoms with van der Waals surface area (Å²) in [6.45, 7) is 10.1. The Hall–Kier alpha value is -4.88. The second-order valence-electron chi connectivity index (χ2n) is 16.1. The Morgan fingerprint density at radius 3 is 1.96 bits per heavy atom. The molecule has 292 valence electrons. The summed E-state index contributed by atoms with van der Waals surface area (Å²) >= 11 is 0. The molecule has 5 N–H and O–H groups in total. The van der Waals surface area contributed by atoms with Gasteiger partial charge >= 0.3 is 12.2 Å². The number of carbonyl (C=O) groups is 4. The van der Waals surface area contributed by atoms with Crippen LogP contribution in [0.3, 0.4) is 0 Å². The molecule has 1 saturated heterocycles. The molecule has 2 bridgehead atoms. The van der Waals surface area contributed by atoms with Crippen molar-refractivity contribution < 1.29 is 28.7 Å². The molecule has 0 spiro atoms. The zero-order valence-electron chi connectivity index (χ0n) is 32.6. The zero-order valence-corrected chi connectivity index (χ0v) is 32.6. The molecule has 4 amide bonds. The lowest BCUT2D eigenvalue weighted by molar-refractivity contribution is -0.135. The van der Waals surface area contributed by atoms with Crippen LogP contribution >= 0.6 is 0 Å². The predicted molar refractivity (Wildman–Crippen MR) is 202 cm³/mol. The Labute approximate surface area is 317 Å². The van der Waals surface area contributed by atoms with Gasteiger partial charge in [-0.2, -0.15) is 0 Å². The third-order valence-corrected chi connectivity index (χ3v) is 12.2. The lowest BCUT2D eigenvalue weighted by Gasteiger charge is -2.53. The van der Waals surface area contributed by atoms with Gasteiger partial charge in [0.2, 0.25) is 11.8 Å². The highest BCUT2D eigenvalue weighted by Gasteiger charge is 2.51. The average Bonchev–Trinajstić information content (AvgIpc) is 3.98. The van der Waals surface area contributed by atoms with Crippen LogP contribution < -0.4 is 16.0 Å². The van der Waals surface area contributed by atoms with E-state index in [9.17, 15) is 19.2 Å². The van der Waals surface area contributed by atoms with E-state index < -0.39 is 30.3 Å². The van der Waals surface area contributed by atoms with Crippen LogP contribution in [0, 0.1) is 11.8 Å². The van der Waals surface area contributed by atoms with Gasteiger partial charge in [-0.1, -0.05) is 52.0 Å². The first-order valence-corrected chi connectivity index (χ1v) is 19.3. The molecule has 2 aromatic heterocycles. The topological polar surface area (TPSA) is 183 Å². The molecular formula is C40H56N8O6. The molecule has 3 aromatic rings. The minimum Gasteiger partial charge on any atom is -0.453 e. The van der Waals surface area contributed by atoms with Gasteiger partial charge in [0.1, 0.15) is 23.7 Å². The summed E-state index contributed by atoms with van der Waals surface area (Å²) in [4.78, 5) is 68.7. The summed E-state index contributed by atoms with van der Waals surface area (Å²) in [5, 5.41) is 8.28. The van der Waals surface area contributed by atoms with Crippen LogP contribution in [0.2, 0.25) is 0 Å². The van der Waals surface area contributed by atoms with Crippen molar-refractivity contribution in [1.82, 2.24) is 40.8 Å². The molecule has 0 unspecified atom stereocenters. The molecule has 3 saturated carbocycles. The second-order valence-corrected chi connectivity index (χ2v) is 16.1. The predicted octanol–water partition coefficient (Wildman–Crippen LogP) is 5.95. The number of alkyl carbamates (subject to hydrolysis) is 2. The van der Waals surface area contributed by atoms with E-state index in [0.717, 1.165) is 68.4 Å². The number of carbonyl (C=O) groups excluding carboxylic acids is 4. The standard InChI is InChI=1S/C40H56N8O6/c1-23(2)31(46-37(51)53-6)35(49)43-25(5)33-41-21-28(44-33)26-10-12-27(13-11-26)39-14-17-40(18-15-39,19-16-39)30-22-42-34(45-30)29-9-8-20-48(29)36(50)32(24(3)4)47-38(52)54-7/h10-13,21-25,29,31-32H,8-9,14-20H2,1-7H3,(H,41,44)(H,42,45)(H,43,49)(H,46,51)(H,47,52)/t25-,29-,31-,32-,39?,40?/m0/s1. The van der Waals surface area contributed by atoms with Crippen molar-refractivity contribution in [2.45, 2.75) is 121 Å². The smallest absolute Gasteiger partial charge is 0.407 e. The van der Waals surface area contributed by atoms with Gasteiger partial charge in [-0.3, -0.25) is 9.59 Å². The summed E-state index contributed by atoms with van der Waals surface area (Å²) in [6.07, 6.45) is 10.8. The van der Waals surface area contributed by atoms with E-state index in [-0.39, 0.29) is 40.5 Å². The van der Waals surface area contributed by atoms with Crippen LogP contribution in [0.15, 0.2) is 36.7 Å². The number of aromatic amines is 2. The number of amides is 4. The Kier molecular flexibility index (Phi) is 11.4. The van der Waals surface area contributed by atoms with Gasteiger partial charge in [-0.15, -0.1) is 0 Å². The number of aromatic nitrogens is 4. The van der Waals surface area contributed by atoms with Gasteiger partial charge in [-0.25, -0.2) is 19.6 Å². The van der Waals surface area contributed by atoms with Crippen LogP contribution in [0.1, 0.15) is 121 Å². The fourth-order valence-corrected chi connectivity index (χ4v) is 8.79. The number of likely N-dealkylation sites (tertiary alicyclic amines) is 1. The molecule has 0 radical (unpaired) electrons. The minimum absolute atomic E-state index is 0.0519. The summed E-state index contributed by atoms with van der Waals surface area (Å²) in [7, 11) is 2.58. The third kappa shape index (κ3) is 7.70. The fourth-order valence-electron chi connectivity index (χ4n) is 8.79. The first kappa shape index (κ1) is 38.8. The summed E-state index contributed by atoms with van der Waals surface area (Å²) < 4.78 is 9.47. The van der Waals surface area contributed by atoms with Crippen molar-refractivity contribution in [1.29, 1.82) is 0 Å². The monoisotopic (exact) mass is 744 g/mol. The quantitative estimate of drug-likeness (QED) is 0.151. The highest BCUT2D eigenvalue weighted by Crippen LogP contribution is 2.58. The Morgan fingerprint density at radius 2 is 1.37 bits per heavy atom. The van der Waals surface area contributed by atoms with Gasteiger partial charge in [0.25, 0.3) is 0 Å². The Bertz CT molecular complexity index is 1790. The number of benzene rings is 1. The van der Waals surface area contributed by atoms with Crippen molar-refractivity contribution in [3.63, 3.8) is 0 Å². The van der Waals surface area contributed by atoms with Crippen LogP contribution in [0.5, 0.6) is 0 Å². The number of H-pyrrole nitrogens is 2. The first-order valence-electron chi connectivity index (χ1n) is 19.3. The largest absolute Gasteiger partial charge is 0.453 e. The molecule has 4 aliphatic rings. The molecule has 14 nitrogen and oxygen atoms in total. The van der Waals surface area contributed by atoms with Gasteiger partial charge in [-0.05, 0) is 86.7 Å². The number of nitrogens with one attached hydrogen (secondary N) is 5. The summed E-state index contributed by atoms with van der Waals surface area (Å²) in [5.74, 6) is 0.845. The SMILES string of the molecule is COC(=O)N[C@H](C(=O)N[C@@H](C)c1ncc(-c2ccc(C34CCC(c5cnc([C@@H]6CCCN6C(=O)[C@@H](NC(=O)OC)C(C)C)[nH]5)(CC3)CC4)cc2)[nH]1)C(C)C. The number of ether oxygens (including phenoxy) is 2. The molecule has 3 aliphatic carbocycles. The molecule has 4 atom stereocenters. The van der Waals surface area contributed by atoms with E-state index in [2.05, 4.69) is 59.9 Å². The maximum atomic E-state index is 13.6. The number of fused-ring (bicyclic) bond motifs is 3. The van der Waals surface area contributed by atoms with Crippen molar-refractivity contribution >= 4 is 24.0 Å². The van der Waals surface area contributed by atoms with E-state index >= 15 is 0 Å². The summed E-state index contributed by atoms with van der Waals surface area (Å²) in [6, 6.07) is 6.88. The maximum absolute atomic E-state index is 13.6. The molecule has 4 fully saturated rings. The lowest BCUT2D eigenvalue weighted by Crippen LogP contribution is -2.51. The van der Waals surface area contributed by atoms with Crippen LogP contribution in [0.4, 0.5) is 9.59 Å². The third-order valence-electron chi connectivity index (χ3n) is 12.2. The fraction of sp³-hybridized carbons (Fsp3) is 0.600. The first-order chi connectivity index (χ1) is 25.8. The Morgan fingerprint density at radius 1 is 0.778 bits per heavy atom. The van der Waals surface area contributed by atoms with E-state index in [1.54, 1.807) is 6.20 Å². The molecule has 7 rings (SSSR count). The molecular weight excluding hydrogens is 688 g/mol. The number of hydrogen-bond acceptors (Lipinski definition) is 8. The molecule has 54 heavy (non-hydrogen) atoms. The van der Waals surface area contributed by atoms with Gasteiger partial charge in [0.05, 0.1) is 38.2 Å². The maximum Gasteiger partial charge on any atom is 0.407 e. The molecule has 1 aliphatic heterocycles. The normalized spacial score (nSPS) is 23.9. The van der Waals surface area contributed by atoms with Crippen molar-refractivity contribution in [3.05, 3.63) is 59.6 Å². The van der Waals surface area contributed by atoms with Gasteiger partial charge in [0.15, 0.2) is 0 Å². The second kappa shape index (κ2) is 15.8. The number of methoxy groups -OCH3 is 2. The van der Waals surface area contributed by atoms with Crippen LogP contribution in [-0.4, -0.2) is 81.7 Å². The average molecular weight is 745 g/mol. The number of rotatable bonds is 12. The lowest BCUT2D eigenvalue weighted by atomic mass is 9.51. The summed E-state index contributed by atoms with van der Waals surface area (Å²) in [5.41, 5.74) is 4.62. The highest BCUT2D eigenvalue weighted by atomic mass is 16.5. The Balaban J connectivity index is 1.08. The van der Waals surface area contributed by atoms with E-state index in [1.165, 1.54) is 25.5 Å². The van der Waals surface area contributed by atoms with E-state index in [4.69, 9.17) is 9.72 Å². The minimum atomic E-state index is -0.732. The van der Waals surface area contributed by atoms with Crippen LogP contribution in [-0.2, 0) is 29.9 Å². The zero-order chi connectivity index (χ0) is 38.8. The highest BCUT2D eigenvalue weighted by molar-refractivity contribution is 5.87. The van der Waals surface area contributed by atoms with Crippen LogP contribution in [0.25, 0.3) is 11.3 Å². The van der Waals surface area contributed by atoms with E-state index in [1.807, 2.05) is 45.7 Å². The molecule has 1 aromatic carbocycles. The molecule has 3 heterocycles.